The Kier molecular flexibility index (Phi) is 6.08. The summed E-state index contributed by atoms with van der Waals surface area (Å²) in [6.07, 6.45) is -1.33. The second-order valence-electron chi connectivity index (χ2n) is 4.06. The highest BCUT2D eigenvalue weighted by atomic mass is 127. The summed E-state index contributed by atoms with van der Waals surface area (Å²) in [5.74, 6) is -0.551. The number of hydrogen-bond acceptors (Lipinski definition) is 3. The molecule has 4 nitrogen and oxygen atoms in total. The number of carboxylic acid groups (broad SMARTS) is 1. The van der Waals surface area contributed by atoms with Crippen molar-refractivity contribution in [1.29, 1.82) is 0 Å². The third kappa shape index (κ3) is 4.20. The summed E-state index contributed by atoms with van der Waals surface area (Å²) in [7, 11) is 0. The average molecular weight is 622 g/mol. The van der Waals surface area contributed by atoms with Crippen LogP contribution in [0.15, 0.2) is 36.4 Å². The quantitative estimate of drug-likeness (QED) is 0.396. The normalized spacial score (nSPS) is 12.0. The highest BCUT2D eigenvalue weighted by Gasteiger charge is 2.20. The van der Waals surface area contributed by atoms with Crippen molar-refractivity contribution in [2.45, 2.75) is 6.29 Å². The molecule has 110 valence electrons. The molecule has 0 heterocycles. The summed E-state index contributed by atoms with van der Waals surface area (Å²) in [5, 5.41) is 19.4. The molecule has 0 saturated heterocycles. The van der Waals surface area contributed by atoms with E-state index in [4.69, 9.17) is 9.84 Å². The van der Waals surface area contributed by atoms with Gasteiger partial charge in [-0.2, -0.15) is 0 Å². The first kappa shape index (κ1) is 17.2. The molecule has 0 aromatic heterocycles. The third-order valence-corrected chi connectivity index (χ3v) is 4.88. The summed E-state index contributed by atoms with van der Waals surface area (Å²) in [6, 6.07) is 10.1. The van der Waals surface area contributed by atoms with E-state index in [2.05, 4.69) is 67.8 Å². The number of carboxylic acids is 1. The van der Waals surface area contributed by atoms with Gasteiger partial charge in [0.2, 0.25) is 6.29 Å². The van der Waals surface area contributed by atoms with Gasteiger partial charge >= 0.3 is 5.97 Å². The zero-order chi connectivity index (χ0) is 15.6. The number of aliphatic hydroxyl groups is 1. The molecule has 2 aromatic carbocycles. The van der Waals surface area contributed by atoms with Gasteiger partial charge in [-0.15, -0.1) is 0 Å². The van der Waals surface area contributed by atoms with Gasteiger partial charge in [-0.3, -0.25) is 0 Å². The Bertz CT molecular complexity index is 665. The van der Waals surface area contributed by atoms with Crippen LogP contribution < -0.4 is 4.74 Å². The maximum absolute atomic E-state index is 11.2. The summed E-state index contributed by atoms with van der Waals surface area (Å²) in [4.78, 5) is 11.2. The Hall–Kier alpha value is -0.140. The number of aliphatic hydroxyl groups excluding tert-OH is 1. The second kappa shape index (κ2) is 7.42. The molecule has 2 rings (SSSR count). The van der Waals surface area contributed by atoms with Crippen LogP contribution in [0.3, 0.4) is 0 Å². The zero-order valence-electron chi connectivity index (χ0n) is 10.4. The molecule has 2 N–H and O–H groups in total. The van der Waals surface area contributed by atoms with Crippen LogP contribution in [-0.2, 0) is 0 Å². The van der Waals surface area contributed by atoms with Gasteiger partial charge in [0.15, 0.2) is 0 Å². The van der Waals surface area contributed by atoms with Gasteiger partial charge in [0.05, 0.1) is 12.7 Å². The number of ether oxygens (including phenoxy) is 1. The molecule has 0 spiro atoms. The predicted molar refractivity (Wildman–Crippen MR) is 104 cm³/mol. The first-order valence-electron chi connectivity index (χ1n) is 5.71. The molecule has 0 fully saturated rings. The Morgan fingerprint density at radius 1 is 1.10 bits per heavy atom. The topological polar surface area (TPSA) is 66.8 Å². The largest absolute Gasteiger partial charge is 0.478 e. The van der Waals surface area contributed by atoms with Crippen LogP contribution in [0.4, 0.5) is 0 Å². The van der Waals surface area contributed by atoms with E-state index in [1.165, 1.54) is 6.07 Å². The van der Waals surface area contributed by atoms with E-state index in [1.54, 1.807) is 18.2 Å². The molecule has 1 unspecified atom stereocenters. The maximum atomic E-state index is 11.2. The number of halogens is 3. The number of carbonyl (C=O) groups is 1. The Morgan fingerprint density at radius 2 is 1.67 bits per heavy atom. The lowest BCUT2D eigenvalue weighted by molar-refractivity contribution is -0.0216. The predicted octanol–water partition coefficient (Wildman–Crippen LogP) is 4.27. The van der Waals surface area contributed by atoms with Crippen LogP contribution in [0.2, 0.25) is 0 Å². The van der Waals surface area contributed by atoms with Crippen molar-refractivity contribution in [3.05, 3.63) is 58.2 Å². The minimum absolute atomic E-state index is 0.0283. The van der Waals surface area contributed by atoms with Gasteiger partial charge < -0.3 is 14.9 Å². The molecule has 0 aliphatic carbocycles. The summed E-state index contributed by atoms with van der Waals surface area (Å²) in [6.45, 7) is 0. The van der Waals surface area contributed by atoms with Gasteiger partial charge in [0.1, 0.15) is 5.75 Å². The van der Waals surface area contributed by atoms with Crippen molar-refractivity contribution < 1.29 is 19.7 Å². The first-order valence-corrected chi connectivity index (χ1v) is 8.95. The van der Waals surface area contributed by atoms with E-state index < -0.39 is 12.3 Å². The Labute approximate surface area is 162 Å². The fourth-order valence-corrected chi connectivity index (χ4v) is 5.56. The lowest BCUT2D eigenvalue weighted by Crippen LogP contribution is -2.13. The molecule has 0 radical (unpaired) electrons. The van der Waals surface area contributed by atoms with Crippen molar-refractivity contribution in [2.24, 2.45) is 0 Å². The van der Waals surface area contributed by atoms with E-state index >= 15 is 0 Å². The smallest absolute Gasteiger partial charge is 0.336 e. The van der Waals surface area contributed by atoms with Crippen molar-refractivity contribution in [2.75, 3.05) is 0 Å². The molecule has 0 saturated carbocycles. The molecule has 0 aliphatic heterocycles. The summed E-state index contributed by atoms with van der Waals surface area (Å²) in [5.41, 5.74) is 0.260. The van der Waals surface area contributed by atoms with E-state index in [9.17, 15) is 9.90 Å². The van der Waals surface area contributed by atoms with Gasteiger partial charge in [-0.05, 0) is 86.0 Å². The van der Waals surface area contributed by atoms with E-state index in [0.717, 1.165) is 10.7 Å². The standard InChI is InChI=1S/C14H9I3O4/c15-7-5-10(16)12(11(17)6-7)21-14(20)9-4-2-1-3-8(9)13(18)19/h1-6,14,20H,(H,18,19). The summed E-state index contributed by atoms with van der Waals surface area (Å²) >= 11 is 6.45. The molecule has 0 amide bonds. The van der Waals surface area contributed by atoms with Crippen LogP contribution in [-0.4, -0.2) is 16.2 Å². The minimum Gasteiger partial charge on any atom is -0.478 e. The van der Waals surface area contributed by atoms with Crippen LogP contribution in [0.5, 0.6) is 5.75 Å². The second-order valence-corrected chi connectivity index (χ2v) is 7.63. The molecule has 2 aromatic rings. The first-order chi connectivity index (χ1) is 9.90. The van der Waals surface area contributed by atoms with Crippen LogP contribution in [0.25, 0.3) is 0 Å². The lowest BCUT2D eigenvalue weighted by atomic mass is 10.1. The number of benzene rings is 2. The molecular weight excluding hydrogens is 613 g/mol. The fraction of sp³-hybridized carbons (Fsp3) is 0.0714. The van der Waals surface area contributed by atoms with Crippen LogP contribution in [0.1, 0.15) is 22.2 Å². The molecule has 1 atom stereocenters. The SMILES string of the molecule is O=C(O)c1ccccc1C(O)Oc1c(I)cc(I)cc1I. The molecule has 21 heavy (non-hydrogen) atoms. The lowest BCUT2D eigenvalue weighted by Gasteiger charge is -2.18. The van der Waals surface area contributed by atoms with Gasteiger partial charge in [0.25, 0.3) is 0 Å². The van der Waals surface area contributed by atoms with Crippen molar-refractivity contribution in [3.63, 3.8) is 0 Å². The van der Waals surface area contributed by atoms with Crippen LogP contribution in [0, 0.1) is 10.7 Å². The van der Waals surface area contributed by atoms with Gasteiger partial charge in [-0.25, -0.2) is 4.79 Å². The highest BCUT2D eigenvalue weighted by Crippen LogP contribution is 2.33. The van der Waals surface area contributed by atoms with E-state index in [0.29, 0.717) is 5.75 Å². The zero-order valence-corrected chi connectivity index (χ0v) is 16.9. The number of aromatic carboxylic acids is 1. The average Bonchev–Trinajstić information content (AvgIpc) is 2.42. The number of hydrogen-bond donors (Lipinski definition) is 2. The minimum atomic E-state index is -1.33. The Morgan fingerprint density at radius 3 is 2.24 bits per heavy atom. The number of rotatable bonds is 4. The Balaban J connectivity index is 2.35. The molecule has 7 heteroatoms. The summed E-state index contributed by atoms with van der Waals surface area (Å²) < 4.78 is 8.36. The van der Waals surface area contributed by atoms with Crippen molar-refractivity contribution >= 4 is 73.7 Å². The third-order valence-electron chi connectivity index (χ3n) is 2.65. The van der Waals surface area contributed by atoms with Gasteiger partial charge in [-0.1, -0.05) is 18.2 Å². The van der Waals surface area contributed by atoms with Gasteiger partial charge in [0, 0.05) is 9.13 Å². The van der Waals surface area contributed by atoms with Crippen molar-refractivity contribution in [1.82, 2.24) is 0 Å². The van der Waals surface area contributed by atoms with E-state index in [1.807, 2.05) is 12.1 Å². The highest BCUT2D eigenvalue weighted by molar-refractivity contribution is 14.1. The molecular formula is C14H9I3O4. The fourth-order valence-electron chi connectivity index (χ4n) is 1.72. The van der Waals surface area contributed by atoms with Crippen LogP contribution >= 0.6 is 67.8 Å². The van der Waals surface area contributed by atoms with Crippen molar-refractivity contribution in [3.8, 4) is 5.75 Å². The molecule has 0 bridgehead atoms. The van der Waals surface area contributed by atoms with E-state index in [-0.39, 0.29) is 11.1 Å². The maximum Gasteiger partial charge on any atom is 0.336 e. The molecule has 0 aliphatic rings. The monoisotopic (exact) mass is 622 g/mol.